The summed E-state index contributed by atoms with van der Waals surface area (Å²) < 4.78 is 27.7. The van der Waals surface area contributed by atoms with Gasteiger partial charge in [0.05, 0.1) is 0 Å². The normalized spacial score (nSPS) is 30.4. The predicted molar refractivity (Wildman–Crippen MR) is 87.9 cm³/mol. The highest BCUT2D eigenvalue weighted by atomic mass is 32.2. The molecule has 0 radical (unpaired) electrons. The summed E-state index contributed by atoms with van der Waals surface area (Å²) in [4.78, 5) is 28.6. The Morgan fingerprint density at radius 1 is 1.08 bits per heavy atom. The van der Waals surface area contributed by atoms with Crippen LogP contribution in [0.1, 0.15) is 25.7 Å². The molecule has 1 unspecified atom stereocenters. The van der Waals surface area contributed by atoms with Crippen LogP contribution in [0.15, 0.2) is 21.7 Å². The molecular formula is C15H19N3O4S2. The SMILES string of the molecule is O=C1[C@H]2CCCN2C(=O)C2C[C@@H](NS(=O)(=O)c3cccs3)CCN12. The molecule has 3 fully saturated rings. The first-order valence-corrected chi connectivity index (χ1v) is 10.5. The molecule has 1 N–H and O–H groups in total. The molecule has 7 nitrogen and oxygen atoms in total. The van der Waals surface area contributed by atoms with Crippen LogP contribution in [0, 0.1) is 0 Å². The number of thiophene rings is 1. The Hall–Kier alpha value is -1.45. The van der Waals surface area contributed by atoms with E-state index in [0.29, 0.717) is 25.9 Å². The van der Waals surface area contributed by atoms with Gasteiger partial charge >= 0.3 is 0 Å². The molecule has 0 aliphatic carbocycles. The van der Waals surface area contributed by atoms with Crippen LogP contribution in [0.25, 0.3) is 0 Å². The molecule has 3 atom stereocenters. The van der Waals surface area contributed by atoms with E-state index in [1.54, 1.807) is 27.3 Å². The third-order valence-electron chi connectivity index (χ3n) is 5.07. The zero-order chi connectivity index (χ0) is 16.9. The number of carbonyl (C=O) groups is 2. The lowest BCUT2D eigenvalue weighted by Gasteiger charge is -2.46. The van der Waals surface area contributed by atoms with E-state index >= 15 is 0 Å². The van der Waals surface area contributed by atoms with Gasteiger partial charge in [0.2, 0.25) is 21.8 Å². The van der Waals surface area contributed by atoms with E-state index in [-0.39, 0.29) is 28.1 Å². The van der Waals surface area contributed by atoms with Crippen LogP contribution in [-0.2, 0) is 19.6 Å². The summed E-state index contributed by atoms with van der Waals surface area (Å²) in [7, 11) is -3.56. The lowest BCUT2D eigenvalue weighted by atomic mass is 9.93. The minimum atomic E-state index is -3.56. The first-order valence-electron chi connectivity index (χ1n) is 8.14. The maximum atomic E-state index is 12.7. The number of piperazine rings is 1. The molecule has 24 heavy (non-hydrogen) atoms. The van der Waals surface area contributed by atoms with Crippen LogP contribution in [0.3, 0.4) is 0 Å². The van der Waals surface area contributed by atoms with Crippen molar-refractivity contribution >= 4 is 33.2 Å². The van der Waals surface area contributed by atoms with E-state index in [1.807, 2.05) is 0 Å². The van der Waals surface area contributed by atoms with Crippen LogP contribution < -0.4 is 4.72 Å². The van der Waals surface area contributed by atoms with Crippen molar-refractivity contribution in [3.63, 3.8) is 0 Å². The second-order valence-corrected chi connectivity index (χ2v) is 9.40. The van der Waals surface area contributed by atoms with Crippen molar-refractivity contribution in [1.82, 2.24) is 14.5 Å². The summed E-state index contributed by atoms with van der Waals surface area (Å²) in [6.07, 6.45) is 2.48. The Morgan fingerprint density at radius 3 is 2.58 bits per heavy atom. The van der Waals surface area contributed by atoms with Gasteiger partial charge < -0.3 is 9.80 Å². The molecule has 2 amide bonds. The fraction of sp³-hybridized carbons (Fsp3) is 0.600. The lowest BCUT2D eigenvalue weighted by Crippen LogP contribution is -2.66. The number of carbonyl (C=O) groups excluding carboxylic acids is 2. The van der Waals surface area contributed by atoms with Crippen LogP contribution >= 0.6 is 11.3 Å². The fourth-order valence-corrected chi connectivity index (χ4v) is 6.23. The Kier molecular flexibility index (Phi) is 3.89. The van der Waals surface area contributed by atoms with Crippen molar-refractivity contribution in [2.45, 2.75) is 48.0 Å². The quantitative estimate of drug-likeness (QED) is 0.835. The number of hydrogen-bond acceptors (Lipinski definition) is 5. The van der Waals surface area contributed by atoms with Crippen LogP contribution in [-0.4, -0.2) is 61.2 Å². The molecule has 0 spiro atoms. The monoisotopic (exact) mass is 369 g/mol. The second-order valence-electron chi connectivity index (χ2n) is 6.51. The minimum absolute atomic E-state index is 0.0247. The largest absolute Gasteiger partial charge is 0.329 e. The molecule has 4 rings (SSSR count). The fourth-order valence-electron chi connectivity index (χ4n) is 3.93. The van der Waals surface area contributed by atoms with Crippen molar-refractivity contribution < 1.29 is 18.0 Å². The summed E-state index contributed by atoms with van der Waals surface area (Å²) in [6.45, 7) is 1.06. The third-order valence-corrected chi connectivity index (χ3v) is 7.99. The van der Waals surface area contributed by atoms with Gasteiger partial charge in [-0.2, -0.15) is 0 Å². The summed E-state index contributed by atoms with van der Waals surface area (Å²) in [6, 6.07) is 2.10. The standard InChI is InChI=1S/C15H19N3O4S2/c19-14-11-3-1-6-17(11)15(20)12-9-10(5-7-18(12)14)16-24(21,22)13-4-2-8-23-13/h2,4,8,10-12,16H,1,3,5-7,9H2/t10-,11+,12?/m0/s1. The maximum Gasteiger partial charge on any atom is 0.250 e. The van der Waals surface area contributed by atoms with Crippen molar-refractivity contribution in [3.05, 3.63) is 17.5 Å². The van der Waals surface area contributed by atoms with Crippen LogP contribution in [0.2, 0.25) is 0 Å². The predicted octanol–water partition coefficient (Wildman–Crippen LogP) is 0.391. The van der Waals surface area contributed by atoms with E-state index in [1.165, 1.54) is 0 Å². The molecule has 9 heteroatoms. The number of fused-ring (bicyclic) bond motifs is 2. The first kappa shape index (κ1) is 16.0. The molecular weight excluding hydrogens is 350 g/mol. The Labute approximate surface area is 144 Å². The number of amides is 2. The smallest absolute Gasteiger partial charge is 0.250 e. The van der Waals surface area contributed by atoms with Gasteiger partial charge in [-0.15, -0.1) is 11.3 Å². The van der Waals surface area contributed by atoms with Gasteiger partial charge in [-0.25, -0.2) is 13.1 Å². The second kappa shape index (κ2) is 5.82. The highest BCUT2D eigenvalue weighted by molar-refractivity contribution is 7.91. The van der Waals surface area contributed by atoms with E-state index < -0.39 is 16.1 Å². The number of rotatable bonds is 3. The molecule has 3 aliphatic heterocycles. The zero-order valence-electron chi connectivity index (χ0n) is 13.1. The number of piperidine rings is 1. The topological polar surface area (TPSA) is 86.8 Å². The number of nitrogens with one attached hydrogen (secondary N) is 1. The van der Waals surface area contributed by atoms with Crippen molar-refractivity contribution in [2.75, 3.05) is 13.1 Å². The lowest BCUT2D eigenvalue weighted by molar-refractivity contribution is -0.161. The molecule has 3 aliphatic rings. The average molecular weight is 369 g/mol. The van der Waals surface area contributed by atoms with Gasteiger partial charge in [-0.3, -0.25) is 9.59 Å². The summed E-state index contributed by atoms with van der Waals surface area (Å²) in [5, 5.41) is 1.72. The summed E-state index contributed by atoms with van der Waals surface area (Å²) in [5.41, 5.74) is 0. The van der Waals surface area contributed by atoms with Gasteiger partial charge in [0, 0.05) is 19.1 Å². The number of hydrogen-bond donors (Lipinski definition) is 1. The summed E-state index contributed by atoms with van der Waals surface area (Å²) >= 11 is 1.16. The van der Waals surface area contributed by atoms with E-state index in [4.69, 9.17) is 0 Å². The summed E-state index contributed by atoms with van der Waals surface area (Å²) in [5.74, 6) is -0.00575. The number of nitrogens with zero attached hydrogens (tertiary/aromatic N) is 2. The van der Waals surface area contributed by atoms with Gasteiger partial charge in [0.15, 0.2) is 0 Å². The molecule has 0 aromatic carbocycles. The minimum Gasteiger partial charge on any atom is -0.329 e. The van der Waals surface area contributed by atoms with Crippen molar-refractivity contribution in [3.8, 4) is 0 Å². The van der Waals surface area contributed by atoms with Crippen molar-refractivity contribution in [2.24, 2.45) is 0 Å². The molecule has 130 valence electrons. The molecule has 1 aromatic heterocycles. The van der Waals surface area contributed by atoms with E-state index in [0.717, 1.165) is 24.2 Å². The Bertz CT molecular complexity index is 762. The third kappa shape index (κ3) is 2.55. The molecule has 0 bridgehead atoms. The van der Waals surface area contributed by atoms with E-state index in [2.05, 4.69) is 4.72 Å². The Balaban J connectivity index is 1.51. The van der Waals surface area contributed by atoms with E-state index in [9.17, 15) is 18.0 Å². The maximum absolute atomic E-state index is 12.7. The van der Waals surface area contributed by atoms with Gasteiger partial charge in [0.1, 0.15) is 16.3 Å². The number of sulfonamides is 1. The molecule has 1 aromatic rings. The van der Waals surface area contributed by atoms with Gasteiger partial charge in [-0.1, -0.05) is 6.07 Å². The molecule has 0 saturated carbocycles. The van der Waals surface area contributed by atoms with Gasteiger partial charge in [0.25, 0.3) is 0 Å². The molecule has 3 saturated heterocycles. The first-order chi connectivity index (χ1) is 11.5. The zero-order valence-corrected chi connectivity index (χ0v) is 14.7. The Morgan fingerprint density at radius 2 is 1.83 bits per heavy atom. The van der Waals surface area contributed by atoms with Crippen LogP contribution in [0.5, 0.6) is 0 Å². The average Bonchev–Trinajstić information content (AvgIpc) is 3.23. The highest BCUT2D eigenvalue weighted by Gasteiger charge is 2.49. The van der Waals surface area contributed by atoms with Crippen molar-refractivity contribution in [1.29, 1.82) is 0 Å². The highest BCUT2D eigenvalue weighted by Crippen LogP contribution is 2.32. The van der Waals surface area contributed by atoms with Gasteiger partial charge in [-0.05, 0) is 37.1 Å². The molecule has 4 heterocycles. The van der Waals surface area contributed by atoms with Crippen LogP contribution in [0.4, 0.5) is 0 Å².